The molecule has 0 unspecified atom stereocenters. The molecule has 3 aromatic heterocycles. The van der Waals surface area contributed by atoms with Gasteiger partial charge in [-0.05, 0) is 37.6 Å². The Morgan fingerprint density at radius 2 is 2.04 bits per heavy atom. The van der Waals surface area contributed by atoms with E-state index in [0.29, 0.717) is 17.3 Å². The zero-order valence-electron chi connectivity index (χ0n) is 15.0. The van der Waals surface area contributed by atoms with E-state index in [-0.39, 0.29) is 5.91 Å². The molecule has 0 atom stereocenters. The van der Waals surface area contributed by atoms with E-state index in [1.807, 2.05) is 56.3 Å². The van der Waals surface area contributed by atoms with Gasteiger partial charge in [0.05, 0.1) is 10.7 Å². The van der Waals surface area contributed by atoms with Crippen molar-refractivity contribution in [3.63, 3.8) is 0 Å². The number of nitrogens with one attached hydrogen (secondary N) is 2. The Hall–Kier alpha value is -3.12. The van der Waals surface area contributed by atoms with Crippen molar-refractivity contribution < 1.29 is 4.79 Å². The number of benzene rings is 1. The summed E-state index contributed by atoms with van der Waals surface area (Å²) in [5.74, 6) is 0.494. The van der Waals surface area contributed by atoms with Crippen LogP contribution in [-0.2, 0) is 6.54 Å². The summed E-state index contributed by atoms with van der Waals surface area (Å²) in [6.07, 6.45) is 1.74. The molecule has 7 heteroatoms. The van der Waals surface area contributed by atoms with Crippen molar-refractivity contribution in [3.8, 4) is 5.82 Å². The van der Waals surface area contributed by atoms with Crippen LogP contribution < -0.4 is 5.32 Å². The molecule has 2 N–H and O–H groups in total. The lowest BCUT2D eigenvalue weighted by Crippen LogP contribution is -2.23. The minimum absolute atomic E-state index is 0.251. The maximum absolute atomic E-state index is 12.5. The Morgan fingerprint density at radius 1 is 1.22 bits per heavy atom. The predicted octanol–water partition coefficient (Wildman–Crippen LogP) is 3.95. The number of carbonyl (C=O) groups excluding carboxylic acids is 1. The monoisotopic (exact) mass is 379 g/mol. The Balaban J connectivity index is 1.47. The molecule has 27 heavy (non-hydrogen) atoms. The fourth-order valence-electron chi connectivity index (χ4n) is 3.04. The average molecular weight is 380 g/mol. The van der Waals surface area contributed by atoms with Crippen LogP contribution in [0, 0.1) is 13.8 Å². The van der Waals surface area contributed by atoms with Crippen molar-refractivity contribution in [2.24, 2.45) is 0 Å². The molecule has 3 heterocycles. The van der Waals surface area contributed by atoms with E-state index in [1.54, 1.807) is 10.9 Å². The zero-order valence-corrected chi connectivity index (χ0v) is 15.7. The Bertz CT molecular complexity index is 1130. The van der Waals surface area contributed by atoms with Crippen molar-refractivity contribution >= 4 is 28.4 Å². The first-order valence-electron chi connectivity index (χ1n) is 8.56. The molecule has 1 aromatic carbocycles. The van der Waals surface area contributed by atoms with Crippen molar-refractivity contribution in [3.05, 3.63) is 76.3 Å². The molecular formula is C20H18ClN5O. The maximum Gasteiger partial charge on any atom is 0.269 e. The number of hydrogen-bond donors (Lipinski definition) is 2. The third-order valence-corrected chi connectivity index (χ3v) is 4.75. The van der Waals surface area contributed by atoms with Gasteiger partial charge in [0.15, 0.2) is 5.82 Å². The number of H-pyrrole nitrogens is 1. The zero-order chi connectivity index (χ0) is 19.0. The molecular weight excluding hydrogens is 362 g/mol. The molecule has 1 amide bonds. The number of aromatic nitrogens is 4. The first-order chi connectivity index (χ1) is 13.0. The van der Waals surface area contributed by atoms with Crippen LogP contribution >= 0.6 is 11.6 Å². The summed E-state index contributed by atoms with van der Waals surface area (Å²) in [5.41, 5.74) is 4.06. The van der Waals surface area contributed by atoms with Gasteiger partial charge in [0.2, 0.25) is 0 Å². The van der Waals surface area contributed by atoms with E-state index in [4.69, 9.17) is 11.6 Å². The van der Waals surface area contributed by atoms with E-state index < -0.39 is 0 Å². The molecule has 0 fully saturated rings. The fourth-order valence-corrected chi connectivity index (χ4v) is 3.34. The van der Waals surface area contributed by atoms with Crippen molar-refractivity contribution in [2.75, 3.05) is 0 Å². The topological polar surface area (TPSA) is 75.6 Å². The van der Waals surface area contributed by atoms with Gasteiger partial charge in [-0.15, -0.1) is 0 Å². The van der Waals surface area contributed by atoms with Gasteiger partial charge in [-0.2, -0.15) is 5.10 Å². The quantitative estimate of drug-likeness (QED) is 0.563. The highest BCUT2D eigenvalue weighted by atomic mass is 35.5. The Kier molecular flexibility index (Phi) is 4.41. The molecule has 0 saturated heterocycles. The number of rotatable bonds is 4. The van der Waals surface area contributed by atoms with Crippen LogP contribution in [0.5, 0.6) is 0 Å². The van der Waals surface area contributed by atoms with E-state index in [0.717, 1.165) is 33.7 Å². The molecule has 0 saturated carbocycles. The lowest BCUT2D eigenvalue weighted by molar-refractivity contribution is 0.0947. The van der Waals surface area contributed by atoms with E-state index in [2.05, 4.69) is 20.4 Å². The number of halogens is 1. The number of para-hydroxylation sites is 1. The largest absolute Gasteiger partial charge is 0.349 e. The second-order valence-corrected chi connectivity index (χ2v) is 6.78. The summed E-state index contributed by atoms with van der Waals surface area (Å²) in [5, 5.41) is 8.56. The van der Waals surface area contributed by atoms with Gasteiger partial charge in [0, 0.05) is 29.3 Å². The number of fused-ring (bicyclic) bond motifs is 1. The Morgan fingerprint density at radius 3 is 2.70 bits per heavy atom. The van der Waals surface area contributed by atoms with Gasteiger partial charge < -0.3 is 10.3 Å². The second-order valence-electron chi connectivity index (χ2n) is 6.41. The lowest BCUT2D eigenvalue weighted by Gasteiger charge is -2.07. The Labute approximate surface area is 161 Å². The number of nitrogens with zero attached hydrogens (tertiary/aromatic N) is 3. The van der Waals surface area contributed by atoms with Crippen LogP contribution in [0.25, 0.3) is 16.7 Å². The first kappa shape index (κ1) is 17.3. The highest BCUT2D eigenvalue weighted by Gasteiger charge is 2.16. The lowest BCUT2D eigenvalue weighted by atomic mass is 10.2. The van der Waals surface area contributed by atoms with Crippen LogP contribution in [0.1, 0.15) is 27.4 Å². The molecule has 136 valence electrons. The van der Waals surface area contributed by atoms with Crippen LogP contribution in [0.4, 0.5) is 0 Å². The van der Waals surface area contributed by atoms with E-state index >= 15 is 0 Å². The van der Waals surface area contributed by atoms with Gasteiger partial charge in [0.25, 0.3) is 5.91 Å². The highest BCUT2D eigenvalue weighted by molar-refractivity contribution is 6.38. The van der Waals surface area contributed by atoms with Gasteiger partial charge in [-0.25, -0.2) is 9.67 Å². The van der Waals surface area contributed by atoms with Crippen molar-refractivity contribution in [1.82, 2.24) is 25.1 Å². The number of hydrogen-bond acceptors (Lipinski definition) is 3. The van der Waals surface area contributed by atoms with Crippen molar-refractivity contribution in [1.29, 1.82) is 0 Å². The number of amides is 1. The summed E-state index contributed by atoms with van der Waals surface area (Å²) >= 11 is 6.33. The third kappa shape index (κ3) is 3.31. The van der Waals surface area contributed by atoms with E-state index in [1.165, 1.54) is 0 Å². The standard InChI is InChI=1S/C20H18ClN5O/c1-12-9-13(2)26(25-12)17-8-7-14(10-22-17)11-23-20(27)19-18(21)15-5-3-4-6-16(15)24-19/h3-10,24H,11H2,1-2H3,(H,23,27). The molecule has 0 aliphatic heterocycles. The number of carbonyl (C=O) groups is 1. The normalized spacial score (nSPS) is 11.1. The number of aryl methyl sites for hydroxylation is 2. The van der Waals surface area contributed by atoms with Crippen LogP contribution in [0.15, 0.2) is 48.7 Å². The second kappa shape index (κ2) is 6.89. The SMILES string of the molecule is Cc1cc(C)n(-c2ccc(CNC(=O)c3[nH]c4ccccc4c3Cl)cn2)n1. The fraction of sp³-hybridized carbons (Fsp3) is 0.150. The predicted molar refractivity (Wildman–Crippen MR) is 105 cm³/mol. The molecule has 0 aliphatic rings. The molecule has 6 nitrogen and oxygen atoms in total. The minimum Gasteiger partial charge on any atom is -0.349 e. The van der Waals surface area contributed by atoms with Crippen LogP contribution in [0.3, 0.4) is 0 Å². The van der Waals surface area contributed by atoms with E-state index in [9.17, 15) is 4.79 Å². The molecule has 4 aromatic rings. The number of pyridine rings is 1. The summed E-state index contributed by atoms with van der Waals surface area (Å²) in [6, 6.07) is 13.4. The molecule has 0 spiro atoms. The highest BCUT2D eigenvalue weighted by Crippen LogP contribution is 2.27. The van der Waals surface area contributed by atoms with Gasteiger partial charge in [-0.3, -0.25) is 4.79 Å². The maximum atomic E-state index is 12.5. The molecule has 0 radical (unpaired) electrons. The first-order valence-corrected chi connectivity index (χ1v) is 8.93. The van der Waals surface area contributed by atoms with Crippen LogP contribution in [0.2, 0.25) is 5.02 Å². The van der Waals surface area contributed by atoms with Gasteiger partial charge in [0.1, 0.15) is 5.69 Å². The van der Waals surface area contributed by atoms with Gasteiger partial charge in [-0.1, -0.05) is 35.9 Å². The van der Waals surface area contributed by atoms with Crippen molar-refractivity contribution in [2.45, 2.75) is 20.4 Å². The number of aromatic amines is 1. The molecule has 4 rings (SSSR count). The van der Waals surface area contributed by atoms with Crippen LogP contribution in [-0.4, -0.2) is 25.7 Å². The summed E-state index contributed by atoms with van der Waals surface area (Å²) < 4.78 is 1.79. The minimum atomic E-state index is -0.251. The summed E-state index contributed by atoms with van der Waals surface area (Å²) in [4.78, 5) is 20.0. The third-order valence-electron chi connectivity index (χ3n) is 4.36. The van der Waals surface area contributed by atoms with Gasteiger partial charge >= 0.3 is 0 Å². The smallest absolute Gasteiger partial charge is 0.269 e. The molecule has 0 bridgehead atoms. The summed E-state index contributed by atoms with van der Waals surface area (Å²) in [6.45, 7) is 4.29. The summed E-state index contributed by atoms with van der Waals surface area (Å²) in [7, 11) is 0. The molecule has 0 aliphatic carbocycles. The average Bonchev–Trinajstić information content (AvgIpc) is 3.19.